The molecule has 0 bridgehead atoms. The summed E-state index contributed by atoms with van der Waals surface area (Å²) in [7, 11) is 1.79. The summed E-state index contributed by atoms with van der Waals surface area (Å²) in [6.45, 7) is 2.04. The molecular weight excluding hydrogens is 290 g/mol. The minimum Gasteiger partial charge on any atom is -0.409 e. The minimum atomic E-state index is -0.417. The molecule has 1 fully saturated rings. The summed E-state index contributed by atoms with van der Waals surface area (Å²) < 4.78 is 0. The van der Waals surface area contributed by atoms with Crippen LogP contribution in [-0.4, -0.2) is 28.1 Å². The molecule has 4 N–H and O–H groups in total. The van der Waals surface area contributed by atoms with Gasteiger partial charge in [0.1, 0.15) is 5.84 Å². The van der Waals surface area contributed by atoms with Crippen LogP contribution in [0.15, 0.2) is 41.8 Å². The highest BCUT2D eigenvalue weighted by Gasteiger charge is 2.46. The third kappa shape index (κ3) is 2.72. The van der Waals surface area contributed by atoms with Crippen LogP contribution in [0.2, 0.25) is 0 Å². The zero-order valence-electron chi connectivity index (χ0n) is 13.3. The highest BCUT2D eigenvalue weighted by molar-refractivity contribution is 5.91. The van der Waals surface area contributed by atoms with E-state index in [0.717, 1.165) is 29.5 Å². The minimum absolute atomic E-state index is 0.273. The van der Waals surface area contributed by atoms with Crippen molar-refractivity contribution in [1.29, 1.82) is 0 Å². The lowest BCUT2D eigenvalue weighted by atomic mass is 9.76. The van der Waals surface area contributed by atoms with Crippen molar-refractivity contribution >= 4 is 11.8 Å². The maximum Gasteiger partial charge on any atom is 0.222 e. The maximum atomic E-state index is 9.13. The number of rotatable bonds is 5. The maximum absolute atomic E-state index is 9.13. The predicted molar refractivity (Wildman–Crippen MR) is 90.5 cm³/mol. The molecule has 23 heavy (non-hydrogen) atoms. The van der Waals surface area contributed by atoms with Crippen LogP contribution < -0.4 is 11.1 Å². The fourth-order valence-corrected chi connectivity index (χ4v) is 2.97. The van der Waals surface area contributed by atoms with Gasteiger partial charge in [-0.1, -0.05) is 29.4 Å². The molecule has 1 aromatic carbocycles. The predicted octanol–water partition coefficient (Wildman–Crippen LogP) is 2.60. The average Bonchev–Trinajstić information content (AvgIpc) is 3.46. The number of nitrogens with zero attached hydrogens (tertiary/aromatic N) is 3. The Kier molecular flexibility index (Phi) is 3.90. The normalized spacial score (nSPS) is 17.6. The summed E-state index contributed by atoms with van der Waals surface area (Å²) in [5, 5.41) is 15.3. The summed E-state index contributed by atoms with van der Waals surface area (Å²) in [4.78, 5) is 8.46. The summed E-state index contributed by atoms with van der Waals surface area (Å²) in [5.41, 5.74) is 8.61. The van der Waals surface area contributed by atoms with Crippen molar-refractivity contribution < 1.29 is 5.21 Å². The first-order chi connectivity index (χ1) is 11.1. The third-order valence-corrected chi connectivity index (χ3v) is 4.73. The van der Waals surface area contributed by atoms with Crippen LogP contribution in [-0.2, 0) is 5.41 Å². The van der Waals surface area contributed by atoms with E-state index in [2.05, 4.69) is 20.4 Å². The van der Waals surface area contributed by atoms with E-state index in [1.54, 1.807) is 19.4 Å². The lowest BCUT2D eigenvalue weighted by molar-refractivity contribution is 0.310. The lowest BCUT2D eigenvalue weighted by Gasteiger charge is -2.29. The standard InChI is InChI=1S/C17H21N5O/c1-17(14-7-8-14,15(18)22-23)13-5-3-11(4-6-13)12-9-20-16(19-2)21-10-12/h3-6,9-10,14,23H,7-8H2,1-2H3,(H2,18,22)(H,19,20,21). The van der Waals surface area contributed by atoms with E-state index in [1.165, 1.54) is 0 Å². The molecule has 1 unspecified atom stereocenters. The number of oxime groups is 1. The highest BCUT2D eigenvalue weighted by atomic mass is 16.4. The number of anilines is 1. The molecule has 0 saturated heterocycles. The first-order valence-corrected chi connectivity index (χ1v) is 7.68. The summed E-state index contributed by atoms with van der Waals surface area (Å²) in [6.07, 6.45) is 5.79. The van der Waals surface area contributed by atoms with Crippen molar-refractivity contribution in [2.24, 2.45) is 16.8 Å². The SMILES string of the molecule is CNc1ncc(-c2ccc(C(C)(C(N)=NO)C3CC3)cc2)cn1. The zero-order chi connectivity index (χ0) is 16.4. The lowest BCUT2D eigenvalue weighted by Crippen LogP contribution is -2.40. The van der Waals surface area contributed by atoms with Crippen LogP contribution in [0.4, 0.5) is 5.95 Å². The second-order valence-electron chi connectivity index (χ2n) is 6.08. The number of amidine groups is 1. The summed E-state index contributed by atoms with van der Waals surface area (Å²) in [6, 6.07) is 8.13. The average molecular weight is 311 g/mol. The Morgan fingerprint density at radius 2 is 1.83 bits per heavy atom. The van der Waals surface area contributed by atoms with Gasteiger partial charge in [-0.15, -0.1) is 0 Å². The Hall–Kier alpha value is -2.63. The molecule has 1 heterocycles. The Morgan fingerprint density at radius 1 is 1.22 bits per heavy atom. The zero-order valence-corrected chi connectivity index (χ0v) is 13.3. The third-order valence-electron chi connectivity index (χ3n) is 4.73. The molecule has 0 spiro atoms. The molecule has 1 aliphatic rings. The van der Waals surface area contributed by atoms with Crippen molar-refractivity contribution in [1.82, 2.24) is 9.97 Å². The Labute approximate surface area is 135 Å². The van der Waals surface area contributed by atoms with E-state index < -0.39 is 5.41 Å². The van der Waals surface area contributed by atoms with E-state index >= 15 is 0 Å². The van der Waals surface area contributed by atoms with Gasteiger partial charge in [0.05, 0.1) is 5.41 Å². The van der Waals surface area contributed by atoms with Crippen LogP contribution in [0.5, 0.6) is 0 Å². The van der Waals surface area contributed by atoms with Crippen LogP contribution in [0.1, 0.15) is 25.3 Å². The quantitative estimate of drug-likeness (QED) is 0.341. The molecule has 1 aliphatic carbocycles. The second kappa shape index (κ2) is 5.87. The largest absolute Gasteiger partial charge is 0.409 e. The van der Waals surface area contributed by atoms with Crippen LogP contribution in [0, 0.1) is 5.92 Å². The molecule has 0 radical (unpaired) electrons. The van der Waals surface area contributed by atoms with Crippen LogP contribution in [0.3, 0.4) is 0 Å². The smallest absolute Gasteiger partial charge is 0.222 e. The topological polar surface area (TPSA) is 96.4 Å². The van der Waals surface area contributed by atoms with Gasteiger partial charge in [0.15, 0.2) is 0 Å². The first kappa shape index (κ1) is 15.3. The van der Waals surface area contributed by atoms with E-state index in [1.807, 2.05) is 31.2 Å². The number of benzene rings is 1. The molecule has 1 saturated carbocycles. The molecule has 3 rings (SSSR count). The molecule has 120 valence electrons. The Morgan fingerprint density at radius 3 is 2.30 bits per heavy atom. The van der Waals surface area contributed by atoms with Gasteiger partial charge >= 0.3 is 0 Å². The van der Waals surface area contributed by atoms with Gasteiger partial charge in [0.25, 0.3) is 0 Å². The molecular formula is C17H21N5O. The van der Waals surface area contributed by atoms with Gasteiger partial charge in [-0.25, -0.2) is 9.97 Å². The van der Waals surface area contributed by atoms with Crippen LogP contribution in [0.25, 0.3) is 11.1 Å². The van der Waals surface area contributed by atoms with Gasteiger partial charge in [0.2, 0.25) is 5.95 Å². The molecule has 6 nitrogen and oxygen atoms in total. The van der Waals surface area contributed by atoms with Crippen molar-refractivity contribution in [2.45, 2.75) is 25.2 Å². The monoisotopic (exact) mass is 311 g/mol. The van der Waals surface area contributed by atoms with Crippen molar-refractivity contribution in [3.05, 3.63) is 42.2 Å². The molecule has 1 aromatic heterocycles. The second-order valence-corrected chi connectivity index (χ2v) is 6.08. The molecule has 6 heteroatoms. The fourth-order valence-electron chi connectivity index (χ4n) is 2.97. The van der Waals surface area contributed by atoms with Crippen molar-refractivity contribution in [2.75, 3.05) is 12.4 Å². The van der Waals surface area contributed by atoms with Gasteiger partial charge < -0.3 is 16.3 Å². The number of hydrogen-bond acceptors (Lipinski definition) is 5. The van der Waals surface area contributed by atoms with Gasteiger partial charge in [-0.3, -0.25) is 0 Å². The number of hydrogen-bond donors (Lipinski definition) is 3. The summed E-state index contributed by atoms with van der Waals surface area (Å²) in [5.74, 6) is 1.30. The van der Waals surface area contributed by atoms with Gasteiger partial charge in [0, 0.05) is 25.0 Å². The van der Waals surface area contributed by atoms with Crippen molar-refractivity contribution in [3.8, 4) is 11.1 Å². The molecule has 1 atom stereocenters. The molecule has 0 aliphatic heterocycles. The van der Waals surface area contributed by atoms with E-state index in [4.69, 9.17) is 10.9 Å². The van der Waals surface area contributed by atoms with Crippen molar-refractivity contribution in [3.63, 3.8) is 0 Å². The van der Waals surface area contributed by atoms with E-state index in [0.29, 0.717) is 11.9 Å². The first-order valence-electron chi connectivity index (χ1n) is 7.68. The Bertz CT molecular complexity index is 707. The summed E-state index contributed by atoms with van der Waals surface area (Å²) >= 11 is 0. The van der Waals surface area contributed by atoms with Gasteiger partial charge in [-0.05, 0) is 36.8 Å². The van der Waals surface area contributed by atoms with E-state index in [-0.39, 0.29) is 5.84 Å². The van der Waals surface area contributed by atoms with E-state index in [9.17, 15) is 0 Å². The van der Waals surface area contributed by atoms with Gasteiger partial charge in [-0.2, -0.15) is 0 Å². The molecule has 0 amide bonds. The molecule has 2 aromatic rings. The number of aromatic nitrogens is 2. The number of nitrogens with two attached hydrogens (primary N) is 1. The highest BCUT2D eigenvalue weighted by Crippen LogP contribution is 2.47. The Balaban J connectivity index is 1.91. The van der Waals surface area contributed by atoms with Crippen LogP contribution >= 0.6 is 0 Å². The number of nitrogens with one attached hydrogen (secondary N) is 1. The fraction of sp³-hybridized carbons (Fsp3) is 0.353.